The molecule has 2 nitrogen and oxygen atoms in total. The molecule has 2 N–H and O–H groups in total. The predicted molar refractivity (Wildman–Crippen MR) is 85.9 cm³/mol. The van der Waals surface area contributed by atoms with Gasteiger partial charge in [0.2, 0.25) is 0 Å². The normalized spacial score (nSPS) is 14.2. The molecule has 0 heterocycles. The first-order chi connectivity index (χ1) is 9.59. The van der Waals surface area contributed by atoms with E-state index in [1.54, 1.807) is 0 Å². The van der Waals surface area contributed by atoms with Crippen molar-refractivity contribution in [2.45, 2.75) is 19.0 Å². The summed E-state index contributed by atoms with van der Waals surface area (Å²) in [5.41, 5.74) is 8.57. The van der Waals surface area contributed by atoms with Gasteiger partial charge in [0, 0.05) is 23.7 Å². The second-order valence-corrected chi connectivity index (χ2v) is 5.56. The lowest BCUT2D eigenvalue weighted by molar-refractivity contribution is 0.246. The zero-order valence-corrected chi connectivity index (χ0v) is 12.7. The Morgan fingerprint density at radius 2 is 1.65 bits per heavy atom. The molecule has 106 valence electrons. The molecule has 20 heavy (non-hydrogen) atoms. The highest BCUT2D eigenvalue weighted by atomic mass is 35.5. The van der Waals surface area contributed by atoms with Gasteiger partial charge in [0.1, 0.15) is 0 Å². The number of halogens is 1. The third kappa shape index (κ3) is 3.60. The summed E-state index contributed by atoms with van der Waals surface area (Å²) in [6.07, 6.45) is 0. The molecule has 0 saturated carbocycles. The first kappa shape index (κ1) is 15.0. The Morgan fingerprint density at radius 3 is 2.30 bits per heavy atom. The molecular formula is C17H21ClN2. The van der Waals surface area contributed by atoms with Crippen molar-refractivity contribution in [2.75, 3.05) is 13.6 Å². The van der Waals surface area contributed by atoms with E-state index in [0.29, 0.717) is 0 Å². The minimum absolute atomic E-state index is 0.00568. The van der Waals surface area contributed by atoms with Gasteiger partial charge in [0.05, 0.1) is 0 Å². The molecular weight excluding hydrogens is 268 g/mol. The van der Waals surface area contributed by atoms with Gasteiger partial charge in [-0.05, 0) is 31.2 Å². The summed E-state index contributed by atoms with van der Waals surface area (Å²) in [6, 6.07) is 18.4. The standard InChI is InChI=1S/C17H21ClN2/c1-13(15-10-6-7-11-16(15)18)20(2)12-17(19)14-8-4-3-5-9-14/h3-11,13,17H,12,19H2,1-2H3. The van der Waals surface area contributed by atoms with E-state index in [-0.39, 0.29) is 12.1 Å². The van der Waals surface area contributed by atoms with Gasteiger partial charge in [-0.15, -0.1) is 0 Å². The molecule has 0 amide bonds. The minimum Gasteiger partial charge on any atom is -0.323 e. The molecule has 2 aromatic rings. The van der Waals surface area contributed by atoms with Gasteiger partial charge in [-0.3, -0.25) is 4.90 Å². The number of nitrogens with two attached hydrogens (primary N) is 1. The van der Waals surface area contributed by atoms with Crippen molar-refractivity contribution in [2.24, 2.45) is 5.73 Å². The SMILES string of the molecule is CC(c1ccccc1Cl)N(C)CC(N)c1ccccc1. The predicted octanol–water partition coefficient (Wildman–Crippen LogP) is 4.03. The van der Waals surface area contributed by atoms with Crippen molar-refractivity contribution in [3.8, 4) is 0 Å². The van der Waals surface area contributed by atoms with Crippen molar-refractivity contribution in [3.63, 3.8) is 0 Å². The minimum atomic E-state index is 0.00568. The number of hydrogen-bond donors (Lipinski definition) is 1. The van der Waals surface area contributed by atoms with E-state index in [0.717, 1.165) is 22.7 Å². The Bertz CT molecular complexity index is 542. The van der Waals surface area contributed by atoms with Crippen molar-refractivity contribution in [1.82, 2.24) is 4.90 Å². The van der Waals surface area contributed by atoms with Crippen LogP contribution in [0.25, 0.3) is 0 Å². The van der Waals surface area contributed by atoms with Gasteiger partial charge in [-0.1, -0.05) is 60.1 Å². The van der Waals surface area contributed by atoms with Gasteiger partial charge < -0.3 is 5.73 Å². The second kappa shape index (κ2) is 6.89. The quantitative estimate of drug-likeness (QED) is 0.900. The first-order valence-corrected chi connectivity index (χ1v) is 7.22. The fraction of sp³-hybridized carbons (Fsp3) is 0.294. The zero-order chi connectivity index (χ0) is 14.5. The maximum absolute atomic E-state index is 6.28. The van der Waals surface area contributed by atoms with Crippen LogP contribution in [0.15, 0.2) is 54.6 Å². The molecule has 0 radical (unpaired) electrons. The Kier molecular flexibility index (Phi) is 5.18. The van der Waals surface area contributed by atoms with E-state index in [2.05, 4.69) is 37.1 Å². The molecule has 0 aromatic heterocycles. The molecule has 0 saturated heterocycles. The smallest absolute Gasteiger partial charge is 0.0453 e. The van der Waals surface area contributed by atoms with E-state index in [1.807, 2.05) is 36.4 Å². The molecule has 0 aliphatic rings. The average Bonchev–Trinajstić information content (AvgIpc) is 2.48. The van der Waals surface area contributed by atoms with Crippen molar-refractivity contribution in [3.05, 3.63) is 70.7 Å². The molecule has 0 aliphatic carbocycles. The average molecular weight is 289 g/mol. The number of benzene rings is 2. The van der Waals surface area contributed by atoms with Crippen LogP contribution in [0.4, 0.5) is 0 Å². The first-order valence-electron chi connectivity index (χ1n) is 6.84. The van der Waals surface area contributed by atoms with E-state index < -0.39 is 0 Å². The second-order valence-electron chi connectivity index (χ2n) is 5.15. The Labute approximate surface area is 126 Å². The highest BCUT2D eigenvalue weighted by molar-refractivity contribution is 6.31. The zero-order valence-electron chi connectivity index (χ0n) is 12.0. The lowest BCUT2D eigenvalue weighted by atomic mass is 10.0. The summed E-state index contributed by atoms with van der Waals surface area (Å²) in [6.45, 7) is 2.94. The van der Waals surface area contributed by atoms with Gasteiger partial charge >= 0.3 is 0 Å². The maximum atomic E-state index is 6.28. The molecule has 2 aromatic carbocycles. The summed E-state index contributed by atoms with van der Waals surface area (Å²) in [5, 5.41) is 0.806. The Hall–Kier alpha value is -1.35. The number of likely N-dealkylation sites (N-methyl/N-ethyl adjacent to an activating group) is 1. The van der Waals surface area contributed by atoms with Crippen LogP contribution in [0.3, 0.4) is 0 Å². The van der Waals surface area contributed by atoms with Crippen molar-refractivity contribution in [1.29, 1.82) is 0 Å². The summed E-state index contributed by atoms with van der Waals surface area (Å²) < 4.78 is 0. The van der Waals surface area contributed by atoms with Crippen LogP contribution in [0.1, 0.15) is 30.1 Å². The van der Waals surface area contributed by atoms with Crippen LogP contribution in [0.5, 0.6) is 0 Å². The molecule has 0 bridgehead atoms. The third-order valence-electron chi connectivity index (χ3n) is 3.73. The highest BCUT2D eigenvalue weighted by Crippen LogP contribution is 2.27. The molecule has 2 unspecified atom stereocenters. The lowest BCUT2D eigenvalue weighted by Crippen LogP contribution is -2.31. The van der Waals surface area contributed by atoms with E-state index in [1.165, 1.54) is 0 Å². The van der Waals surface area contributed by atoms with Gasteiger partial charge in [0.15, 0.2) is 0 Å². The number of rotatable bonds is 5. The highest BCUT2D eigenvalue weighted by Gasteiger charge is 2.17. The summed E-state index contributed by atoms with van der Waals surface area (Å²) >= 11 is 6.26. The van der Waals surface area contributed by atoms with Gasteiger partial charge in [0.25, 0.3) is 0 Å². The van der Waals surface area contributed by atoms with Crippen LogP contribution in [0, 0.1) is 0 Å². The van der Waals surface area contributed by atoms with E-state index in [9.17, 15) is 0 Å². The number of nitrogens with zero attached hydrogens (tertiary/aromatic N) is 1. The Morgan fingerprint density at radius 1 is 1.05 bits per heavy atom. The van der Waals surface area contributed by atoms with Crippen LogP contribution < -0.4 is 5.73 Å². The van der Waals surface area contributed by atoms with Crippen molar-refractivity contribution < 1.29 is 0 Å². The summed E-state index contributed by atoms with van der Waals surface area (Å²) in [7, 11) is 2.08. The molecule has 3 heteroatoms. The van der Waals surface area contributed by atoms with Crippen molar-refractivity contribution >= 4 is 11.6 Å². The third-order valence-corrected chi connectivity index (χ3v) is 4.07. The maximum Gasteiger partial charge on any atom is 0.0453 e. The largest absolute Gasteiger partial charge is 0.323 e. The molecule has 0 fully saturated rings. The van der Waals surface area contributed by atoms with E-state index in [4.69, 9.17) is 17.3 Å². The van der Waals surface area contributed by atoms with E-state index >= 15 is 0 Å². The van der Waals surface area contributed by atoms with Crippen LogP contribution in [-0.4, -0.2) is 18.5 Å². The summed E-state index contributed by atoms with van der Waals surface area (Å²) in [4.78, 5) is 2.24. The van der Waals surface area contributed by atoms with Gasteiger partial charge in [-0.2, -0.15) is 0 Å². The Balaban J connectivity index is 2.05. The monoisotopic (exact) mass is 288 g/mol. The molecule has 2 rings (SSSR count). The van der Waals surface area contributed by atoms with Crippen LogP contribution in [-0.2, 0) is 0 Å². The fourth-order valence-corrected chi connectivity index (χ4v) is 2.62. The summed E-state index contributed by atoms with van der Waals surface area (Å²) in [5.74, 6) is 0. The van der Waals surface area contributed by atoms with Crippen LogP contribution in [0.2, 0.25) is 5.02 Å². The fourth-order valence-electron chi connectivity index (χ4n) is 2.33. The van der Waals surface area contributed by atoms with Crippen LogP contribution >= 0.6 is 11.6 Å². The topological polar surface area (TPSA) is 29.3 Å². The number of hydrogen-bond acceptors (Lipinski definition) is 2. The lowest BCUT2D eigenvalue weighted by Gasteiger charge is -2.28. The molecule has 2 atom stereocenters. The van der Waals surface area contributed by atoms with Gasteiger partial charge in [-0.25, -0.2) is 0 Å². The molecule has 0 aliphatic heterocycles. The molecule has 0 spiro atoms.